The molecule has 0 saturated carbocycles. The maximum Gasteiger partial charge on any atom is 0.357 e. The number of aromatic nitrogens is 1. The van der Waals surface area contributed by atoms with Crippen molar-refractivity contribution in [2.45, 2.75) is 0 Å². The summed E-state index contributed by atoms with van der Waals surface area (Å²) in [6.45, 7) is 0. The molecule has 1 aromatic heterocycles. The summed E-state index contributed by atoms with van der Waals surface area (Å²) < 4.78 is 15.5. The molecule has 1 heterocycles. The van der Waals surface area contributed by atoms with Gasteiger partial charge in [0.25, 0.3) is 0 Å². The summed E-state index contributed by atoms with van der Waals surface area (Å²) in [4.78, 5) is 23.9. The van der Waals surface area contributed by atoms with Crippen LogP contribution in [-0.2, 0) is 9.47 Å². The van der Waals surface area contributed by atoms with Crippen LogP contribution >= 0.6 is 0 Å². The van der Waals surface area contributed by atoms with E-state index in [1.807, 2.05) is 6.07 Å². The second kappa shape index (κ2) is 6.84. The molecule has 0 aliphatic heterocycles. The van der Waals surface area contributed by atoms with Crippen molar-refractivity contribution in [1.82, 2.24) is 4.57 Å². The summed E-state index contributed by atoms with van der Waals surface area (Å²) in [6, 6.07) is 4.40. The van der Waals surface area contributed by atoms with Gasteiger partial charge in [0.15, 0.2) is 17.2 Å². The summed E-state index contributed by atoms with van der Waals surface area (Å²) in [5.74, 6) is -1.89. The molecule has 0 aliphatic carbocycles. The first-order valence-corrected chi connectivity index (χ1v) is 6.88. The molecule has 130 valence electrons. The van der Waals surface area contributed by atoms with Gasteiger partial charge in [-0.3, -0.25) is 0 Å². The van der Waals surface area contributed by atoms with Gasteiger partial charge in [-0.2, -0.15) is 5.26 Å². The number of carbonyl (C=O) groups is 2. The zero-order chi connectivity index (χ0) is 18.7. The Morgan fingerprint density at radius 2 is 1.84 bits per heavy atom. The second-order valence-electron chi connectivity index (χ2n) is 4.82. The number of carbonyl (C=O) groups excluding carboxylic acids is 2. The van der Waals surface area contributed by atoms with Crippen LogP contribution in [0, 0.1) is 11.3 Å². The van der Waals surface area contributed by atoms with Gasteiger partial charge < -0.3 is 29.6 Å². The number of hydrogen-bond acceptors (Lipinski definition) is 8. The fourth-order valence-corrected chi connectivity index (χ4v) is 2.27. The minimum Gasteiger partial charge on any atom is -0.503 e. The number of benzene rings is 1. The molecule has 1 aromatic carbocycles. The second-order valence-corrected chi connectivity index (χ2v) is 4.82. The zero-order valence-corrected chi connectivity index (χ0v) is 13.7. The van der Waals surface area contributed by atoms with Crippen molar-refractivity contribution in [3.63, 3.8) is 0 Å². The Bertz CT molecular complexity index is 894. The zero-order valence-electron chi connectivity index (χ0n) is 13.7. The molecule has 0 atom stereocenters. The van der Waals surface area contributed by atoms with Crippen LogP contribution in [0.1, 0.15) is 26.4 Å². The van der Waals surface area contributed by atoms with Gasteiger partial charge in [-0.25, -0.2) is 9.59 Å². The van der Waals surface area contributed by atoms with Gasteiger partial charge in [-0.15, -0.1) is 0 Å². The molecule has 25 heavy (non-hydrogen) atoms. The van der Waals surface area contributed by atoms with E-state index in [0.717, 1.165) is 11.7 Å². The number of phenols is 1. The number of nitrogen functional groups attached to an aromatic ring is 1. The van der Waals surface area contributed by atoms with Crippen LogP contribution in [-0.4, -0.2) is 42.9 Å². The van der Waals surface area contributed by atoms with Crippen molar-refractivity contribution in [2.75, 3.05) is 27.1 Å². The predicted molar refractivity (Wildman–Crippen MR) is 85.8 cm³/mol. The van der Waals surface area contributed by atoms with Gasteiger partial charge in [0.05, 0.1) is 43.8 Å². The Morgan fingerprint density at radius 1 is 1.20 bits per heavy atom. The Morgan fingerprint density at radius 3 is 2.36 bits per heavy atom. The number of hydrogen-bond donors (Lipinski definition) is 2. The van der Waals surface area contributed by atoms with E-state index in [4.69, 9.17) is 15.7 Å². The quantitative estimate of drug-likeness (QED) is 0.789. The molecule has 0 amide bonds. The Labute approximate surface area is 142 Å². The maximum atomic E-state index is 12.1. The molecule has 3 N–H and O–H groups in total. The van der Waals surface area contributed by atoms with Crippen LogP contribution in [0.2, 0.25) is 0 Å². The lowest BCUT2D eigenvalue weighted by molar-refractivity contribution is 0.0588. The van der Waals surface area contributed by atoms with E-state index in [2.05, 4.69) is 9.47 Å². The highest BCUT2D eigenvalue weighted by Crippen LogP contribution is 2.37. The number of nitriles is 1. The lowest BCUT2D eigenvalue weighted by Gasteiger charge is -2.14. The molecule has 0 aliphatic rings. The SMILES string of the molecule is COC(=O)c1cc(OC)c(O)c(-n2cc(C#N)c(N)c2C(=O)OC)c1. The van der Waals surface area contributed by atoms with Gasteiger partial charge in [0.2, 0.25) is 0 Å². The standard InChI is InChI=1S/C16H15N3O6/c1-23-11-5-8(15(21)24-2)4-10(14(11)20)19-7-9(6-17)12(18)13(19)16(22)25-3/h4-5,7,20H,18H2,1-3H3. The smallest absolute Gasteiger partial charge is 0.357 e. The maximum absolute atomic E-state index is 12.1. The molecule has 0 saturated heterocycles. The number of nitrogens with two attached hydrogens (primary N) is 1. The number of ether oxygens (including phenoxy) is 3. The van der Waals surface area contributed by atoms with Crippen molar-refractivity contribution in [3.8, 4) is 23.3 Å². The minimum atomic E-state index is -0.819. The van der Waals surface area contributed by atoms with Crippen LogP contribution < -0.4 is 10.5 Å². The third-order valence-electron chi connectivity index (χ3n) is 3.50. The van der Waals surface area contributed by atoms with E-state index in [1.54, 1.807) is 0 Å². The molecule has 9 nitrogen and oxygen atoms in total. The molecule has 0 unspecified atom stereocenters. The van der Waals surface area contributed by atoms with Crippen molar-refractivity contribution in [2.24, 2.45) is 0 Å². The molecular weight excluding hydrogens is 330 g/mol. The third-order valence-corrected chi connectivity index (χ3v) is 3.50. The molecule has 0 fully saturated rings. The van der Waals surface area contributed by atoms with Gasteiger partial charge in [0.1, 0.15) is 6.07 Å². The normalized spacial score (nSPS) is 10.0. The number of aromatic hydroxyl groups is 1. The summed E-state index contributed by atoms with van der Waals surface area (Å²) in [6.07, 6.45) is 1.25. The highest BCUT2D eigenvalue weighted by molar-refractivity contribution is 5.97. The first-order valence-electron chi connectivity index (χ1n) is 6.88. The van der Waals surface area contributed by atoms with Crippen molar-refractivity contribution < 1.29 is 28.9 Å². The van der Waals surface area contributed by atoms with Crippen LogP contribution in [0.5, 0.6) is 11.5 Å². The van der Waals surface area contributed by atoms with Gasteiger partial charge in [-0.05, 0) is 12.1 Å². The third kappa shape index (κ3) is 2.92. The fraction of sp³-hybridized carbons (Fsp3) is 0.188. The molecule has 0 bridgehead atoms. The largest absolute Gasteiger partial charge is 0.503 e. The van der Waals surface area contributed by atoms with Crippen molar-refractivity contribution >= 4 is 17.6 Å². The number of anilines is 1. The molecular formula is C16H15N3O6. The summed E-state index contributed by atoms with van der Waals surface area (Å²) in [5, 5.41) is 19.6. The van der Waals surface area contributed by atoms with E-state index in [-0.39, 0.29) is 39.7 Å². The molecule has 2 rings (SSSR count). The van der Waals surface area contributed by atoms with Crippen LogP contribution in [0.15, 0.2) is 18.3 Å². The topological polar surface area (TPSA) is 137 Å². The van der Waals surface area contributed by atoms with Gasteiger partial charge in [-0.1, -0.05) is 0 Å². The number of esters is 2. The van der Waals surface area contributed by atoms with E-state index in [0.29, 0.717) is 0 Å². The minimum absolute atomic E-state index is 0.00207. The number of nitrogens with zero attached hydrogens (tertiary/aromatic N) is 2. The van der Waals surface area contributed by atoms with E-state index < -0.39 is 11.9 Å². The molecule has 0 radical (unpaired) electrons. The lowest BCUT2D eigenvalue weighted by Crippen LogP contribution is -2.12. The van der Waals surface area contributed by atoms with E-state index >= 15 is 0 Å². The average molecular weight is 345 g/mol. The first kappa shape index (κ1) is 17.7. The first-order chi connectivity index (χ1) is 11.9. The van der Waals surface area contributed by atoms with Crippen LogP contribution in [0.25, 0.3) is 5.69 Å². The number of rotatable bonds is 4. The van der Waals surface area contributed by atoms with E-state index in [9.17, 15) is 14.7 Å². The van der Waals surface area contributed by atoms with E-state index in [1.165, 1.54) is 32.5 Å². The van der Waals surface area contributed by atoms with Gasteiger partial charge in [0, 0.05) is 6.20 Å². The van der Waals surface area contributed by atoms with Crippen LogP contribution in [0.4, 0.5) is 5.69 Å². The molecule has 9 heteroatoms. The highest BCUT2D eigenvalue weighted by Gasteiger charge is 2.25. The Hall–Kier alpha value is -3.67. The number of methoxy groups -OCH3 is 3. The van der Waals surface area contributed by atoms with Crippen LogP contribution in [0.3, 0.4) is 0 Å². The Kier molecular flexibility index (Phi) is 4.84. The lowest BCUT2D eigenvalue weighted by atomic mass is 10.1. The fourth-order valence-electron chi connectivity index (χ4n) is 2.27. The van der Waals surface area contributed by atoms with Gasteiger partial charge >= 0.3 is 11.9 Å². The predicted octanol–water partition coefficient (Wildman–Crippen LogP) is 1.22. The summed E-state index contributed by atoms with van der Waals surface area (Å²) in [7, 11) is 3.64. The highest BCUT2D eigenvalue weighted by atomic mass is 16.5. The average Bonchev–Trinajstić information content (AvgIpc) is 2.96. The van der Waals surface area contributed by atoms with Crippen molar-refractivity contribution in [1.29, 1.82) is 5.26 Å². The molecule has 2 aromatic rings. The van der Waals surface area contributed by atoms with Crippen molar-refractivity contribution in [3.05, 3.63) is 35.2 Å². The number of phenolic OH excluding ortho intramolecular Hbond substituents is 1. The summed E-state index contributed by atoms with van der Waals surface area (Å²) >= 11 is 0. The molecule has 0 spiro atoms. The monoisotopic (exact) mass is 345 g/mol. The Balaban J connectivity index is 2.84. The summed E-state index contributed by atoms with van der Waals surface area (Å²) in [5.41, 5.74) is 5.60.